The highest BCUT2D eigenvalue weighted by Crippen LogP contribution is 2.23. The second-order valence-corrected chi connectivity index (χ2v) is 4.41. The van der Waals surface area contributed by atoms with Crippen LogP contribution in [0.1, 0.15) is 17.0 Å². The predicted molar refractivity (Wildman–Crippen MR) is 61.7 cm³/mol. The van der Waals surface area contributed by atoms with Crippen LogP contribution in [0.25, 0.3) is 0 Å². The van der Waals surface area contributed by atoms with Gasteiger partial charge in [-0.15, -0.1) is 0 Å². The van der Waals surface area contributed by atoms with Gasteiger partial charge < -0.3 is 14.6 Å². The number of hydrogen-bond acceptors (Lipinski definition) is 5. The normalized spacial score (nSPS) is 10.8. The zero-order valence-corrected chi connectivity index (χ0v) is 10.8. The van der Waals surface area contributed by atoms with E-state index in [-0.39, 0.29) is 5.82 Å². The first kappa shape index (κ1) is 11.8. The molecule has 0 aromatic carbocycles. The highest BCUT2D eigenvalue weighted by Gasteiger charge is 2.20. The number of nitro groups is 1. The Bertz CT molecular complexity index is 555. The molecule has 0 N–H and O–H groups in total. The van der Waals surface area contributed by atoms with E-state index in [0.717, 1.165) is 11.3 Å². The van der Waals surface area contributed by atoms with Gasteiger partial charge in [-0.25, -0.2) is 0 Å². The molecule has 0 aliphatic heterocycles. The number of nitrogens with zero attached hydrogens (tertiary/aromatic N) is 4. The van der Waals surface area contributed by atoms with Crippen molar-refractivity contribution in [3.05, 3.63) is 37.8 Å². The lowest BCUT2D eigenvalue weighted by Crippen LogP contribution is -2.02. The van der Waals surface area contributed by atoms with Crippen molar-refractivity contribution in [3.63, 3.8) is 0 Å². The first-order valence-corrected chi connectivity index (χ1v) is 5.57. The van der Waals surface area contributed by atoms with Crippen molar-refractivity contribution in [2.24, 2.45) is 0 Å². The van der Waals surface area contributed by atoms with Crippen molar-refractivity contribution in [1.82, 2.24) is 14.9 Å². The maximum atomic E-state index is 10.6. The van der Waals surface area contributed by atoms with E-state index in [9.17, 15) is 10.1 Å². The van der Waals surface area contributed by atoms with Crippen LogP contribution in [0.4, 0.5) is 5.82 Å². The Morgan fingerprint density at radius 1 is 1.59 bits per heavy atom. The first-order valence-electron chi connectivity index (χ1n) is 4.78. The summed E-state index contributed by atoms with van der Waals surface area (Å²) in [6.07, 6.45) is 1.56. The molecule has 0 amide bonds. The first-order chi connectivity index (χ1) is 7.99. The van der Waals surface area contributed by atoms with Gasteiger partial charge >= 0.3 is 5.82 Å². The summed E-state index contributed by atoms with van der Waals surface area (Å²) in [6.45, 7) is 4.01. The van der Waals surface area contributed by atoms with Crippen LogP contribution in [0.15, 0.2) is 15.2 Å². The van der Waals surface area contributed by atoms with Gasteiger partial charge in [0.05, 0.1) is 23.5 Å². The fourth-order valence-corrected chi connectivity index (χ4v) is 1.94. The molecule has 2 heterocycles. The van der Waals surface area contributed by atoms with Gasteiger partial charge in [0, 0.05) is 5.56 Å². The molecule has 8 heteroatoms. The van der Waals surface area contributed by atoms with E-state index in [0.29, 0.717) is 16.8 Å². The Kier molecular flexibility index (Phi) is 2.97. The quantitative estimate of drug-likeness (QED) is 0.640. The summed E-state index contributed by atoms with van der Waals surface area (Å²) in [5.74, 6) is 0.494. The second kappa shape index (κ2) is 4.28. The maximum absolute atomic E-state index is 10.6. The summed E-state index contributed by atoms with van der Waals surface area (Å²) >= 11 is 3.09. The lowest BCUT2D eigenvalue weighted by molar-refractivity contribution is -0.390. The number of aromatic nitrogens is 3. The Hall–Kier alpha value is -1.70. The van der Waals surface area contributed by atoms with Crippen molar-refractivity contribution < 1.29 is 9.45 Å². The molecule has 2 rings (SSSR count). The number of hydrogen-bond donors (Lipinski definition) is 0. The minimum atomic E-state index is -0.534. The fraction of sp³-hybridized carbons (Fsp3) is 0.333. The van der Waals surface area contributed by atoms with E-state index in [2.05, 4.69) is 26.2 Å². The highest BCUT2D eigenvalue weighted by molar-refractivity contribution is 9.10. The van der Waals surface area contributed by atoms with Crippen molar-refractivity contribution in [2.45, 2.75) is 20.4 Å². The van der Waals surface area contributed by atoms with Gasteiger partial charge in [-0.05, 0) is 34.7 Å². The standard InChI is InChI=1S/C9H9BrN4O3/c1-5-7(6(2)17-12-5)3-13-4-8(10)9(11-13)14(15)16/h4H,3H2,1-2H3. The topological polar surface area (TPSA) is 87.0 Å². The van der Waals surface area contributed by atoms with Crippen LogP contribution in [0, 0.1) is 24.0 Å². The zero-order valence-electron chi connectivity index (χ0n) is 9.18. The lowest BCUT2D eigenvalue weighted by Gasteiger charge is -1.95. The highest BCUT2D eigenvalue weighted by atomic mass is 79.9. The van der Waals surface area contributed by atoms with Gasteiger partial charge in [-0.3, -0.25) is 0 Å². The molecule has 0 spiro atoms. The molecule has 0 aliphatic rings. The molecule has 90 valence electrons. The Morgan fingerprint density at radius 2 is 2.29 bits per heavy atom. The molecule has 17 heavy (non-hydrogen) atoms. The Labute approximate surface area is 105 Å². The van der Waals surface area contributed by atoms with Gasteiger partial charge in [0.25, 0.3) is 0 Å². The van der Waals surface area contributed by atoms with Crippen LogP contribution in [0.2, 0.25) is 0 Å². The minimum Gasteiger partial charge on any atom is -0.361 e. The van der Waals surface area contributed by atoms with Crippen LogP contribution in [0.3, 0.4) is 0 Å². The van der Waals surface area contributed by atoms with Crippen LogP contribution < -0.4 is 0 Å². The van der Waals surface area contributed by atoms with E-state index in [4.69, 9.17) is 4.52 Å². The van der Waals surface area contributed by atoms with E-state index in [1.54, 1.807) is 13.1 Å². The van der Waals surface area contributed by atoms with Gasteiger partial charge in [-0.1, -0.05) is 5.16 Å². The average Bonchev–Trinajstić information content (AvgIpc) is 2.76. The van der Waals surface area contributed by atoms with Gasteiger partial charge in [-0.2, -0.15) is 4.68 Å². The Morgan fingerprint density at radius 3 is 2.76 bits per heavy atom. The molecule has 2 aromatic rings. The van der Waals surface area contributed by atoms with Crippen molar-refractivity contribution in [2.75, 3.05) is 0 Å². The number of rotatable bonds is 3. The van der Waals surface area contributed by atoms with E-state index in [1.807, 2.05) is 6.92 Å². The molecule has 0 unspecified atom stereocenters. The number of halogens is 1. The molecular weight excluding hydrogens is 292 g/mol. The SMILES string of the molecule is Cc1noc(C)c1Cn1cc(Br)c([N+](=O)[O-])n1. The largest absolute Gasteiger partial charge is 0.404 e. The lowest BCUT2D eigenvalue weighted by atomic mass is 10.2. The van der Waals surface area contributed by atoms with Crippen molar-refractivity contribution >= 4 is 21.7 Å². The summed E-state index contributed by atoms with van der Waals surface area (Å²) < 4.78 is 6.85. The van der Waals surface area contributed by atoms with Crippen LogP contribution in [0.5, 0.6) is 0 Å². The molecule has 0 radical (unpaired) electrons. The third-order valence-corrected chi connectivity index (χ3v) is 2.93. The summed E-state index contributed by atoms with van der Waals surface area (Å²) in [4.78, 5) is 10.1. The number of aryl methyl sites for hydroxylation is 2. The molecular formula is C9H9BrN4O3. The molecule has 2 aromatic heterocycles. The third kappa shape index (κ3) is 2.21. The molecule has 0 atom stereocenters. The van der Waals surface area contributed by atoms with Crippen LogP contribution >= 0.6 is 15.9 Å². The third-order valence-electron chi connectivity index (χ3n) is 2.37. The smallest absolute Gasteiger partial charge is 0.361 e. The molecule has 0 saturated carbocycles. The summed E-state index contributed by atoms with van der Waals surface area (Å²) in [5, 5.41) is 18.3. The molecule has 7 nitrogen and oxygen atoms in total. The van der Waals surface area contributed by atoms with Crippen LogP contribution in [-0.2, 0) is 6.54 Å². The van der Waals surface area contributed by atoms with Crippen LogP contribution in [-0.4, -0.2) is 19.9 Å². The Balaban J connectivity index is 2.31. The molecule has 0 aliphatic carbocycles. The molecule has 0 saturated heterocycles. The molecule has 0 fully saturated rings. The van der Waals surface area contributed by atoms with Crippen molar-refractivity contribution in [1.29, 1.82) is 0 Å². The van der Waals surface area contributed by atoms with Gasteiger partial charge in [0.15, 0.2) is 0 Å². The summed E-state index contributed by atoms with van der Waals surface area (Å²) in [7, 11) is 0. The maximum Gasteiger partial charge on any atom is 0.404 e. The predicted octanol–water partition coefficient (Wildman–Crippen LogP) is 2.21. The van der Waals surface area contributed by atoms with E-state index in [1.165, 1.54) is 4.68 Å². The average molecular weight is 301 g/mol. The minimum absolute atomic E-state index is 0.197. The summed E-state index contributed by atoms with van der Waals surface area (Å²) in [6, 6.07) is 0. The fourth-order valence-electron chi connectivity index (χ4n) is 1.48. The second-order valence-electron chi connectivity index (χ2n) is 3.56. The monoisotopic (exact) mass is 300 g/mol. The van der Waals surface area contributed by atoms with E-state index < -0.39 is 4.92 Å². The zero-order chi connectivity index (χ0) is 12.6. The van der Waals surface area contributed by atoms with Gasteiger partial charge in [0.2, 0.25) is 0 Å². The van der Waals surface area contributed by atoms with Gasteiger partial charge in [0.1, 0.15) is 10.2 Å². The van der Waals surface area contributed by atoms with E-state index >= 15 is 0 Å². The molecule has 0 bridgehead atoms. The summed E-state index contributed by atoms with van der Waals surface area (Å²) in [5.41, 5.74) is 1.65. The van der Waals surface area contributed by atoms with Crippen molar-refractivity contribution in [3.8, 4) is 0 Å².